The number of aliphatic hydroxyl groups excluding tert-OH is 1. The first-order valence-electron chi connectivity index (χ1n) is 11.1. The third-order valence-electron chi connectivity index (χ3n) is 5.58. The summed E-state index contributed by atoms with van der Waals surface area (Å²) in [4.78, 5) is 23.6. The molecular weight excluding hydrogens is 404 g/mol. The summed E-state index contributed by atoms with van der Waals surface area (Å²) in [6.45, 7) is 0.196. The van der Waals surface area contributed by atoms with Crippen molar-refractivity contribution in [3.63, 3.8) is 0 Å². The van der Waals surface area contributed by atoms with Crippen LogP contribution in [0.1, 0.15) is 63.4 Å². The van der Waals surface area contributed by atoms with Crippen molar-refractivity contribution in [1.82, 2.24) is 4.90 Å². The number of unbranched alkanes of at least 4 members (excludes halogenated alkanes) is 4. The molecule has 1 fully saturated rings. The van der Waals surface area contributed by atoms with Gasteiger partial charge in [-0.15, -0.1) is 0 Å². The van der Waals surface area contributed by atoms with Crippen molar-refractivity contribution < 1.29 is 28.6 Å². The van der Waals surface area contributed by atoms with Crippen LogP contribution < -0.4 is 5.11 Å². The highest BCUT2D eigenvalue weighted by Crippen LogP contribution is 2.34. The molecule has 0 radical (unpaired) electrons. The van der Waals surface area contributed by atoms with Gasteiger partial charge in [-0.2, -0.15) is 8.78 Å². The quantitative estimate of drug-likeness (QED) is 0.359. The van der Waals surface area contributed by atoms with Gasteiger partial charge >= 0.3 is 5.92 Å². The first-order chi connectivity index (χ1) is 14.8. The summed E-state index contributed by atoms with van der Waals surface area (Å²) in [5.41, 5.74) is 1.24. The predicted molar refractivity (Wildman–Crippen MR) is 112 cm³/mol. The smallest absolute Gasteiger partial charge is 0.327 e. The molecule has 1 aromatic rings. The summed E-state index contributed by atoms with van der Waals surface area (Å²) in [6, 6.07) is 9.34. The van der Waals surface area contributed by atoms with Crippen molar-refractivity contribution in [1.29, 1.82) is 0 Å². The minimum absolute atomic E-state index is 0.0185. The van der Waals surface area contributed by atoms with E-state index < -0.39 is 36.4 Å². The van der Waals surface area contributed by atoms with Gasteiger partial charge in [0.25, 0.3) is 5.91 Å². The number of carbonyl (C=O) groups excluding carboxylic acids is 2. The second-order valence-corrected chi connectivity index (χ2v) is 8.19. The van der Waals surface area contributed by atoms with Crippen LogP contribution in [0.2, 0.25) is 0 Å². The van der Waals surface area contributed by atoms with Gasteiger partial charge in [0.1, 0.15) is 0 Å². The number of hydrogen-bond donors (Lipinski definition) is 1. The first kappa shape index (κ1) is 25.0. The highest BCUT2D eigenvalue weighted by atomic mass is 19.3. The summed E-state index contributed by atoms with van der Waals surface area (Å²) in [5.74, 6) is -5.66. The molecule has 0 bridgehead atoms. The van der Waals surface area contributed by atoms with E-state index in [1.54, 1.807) is 0 Å². The number of benzene rings is 1. The van der Waals surface area contributed by atoms with Crippen LogP contribution in [0.25, 0.3) is 0 Å². The van der Waals surface area contributed by atoms with E-state index in [1.807, 2.05) is 18.2 Å². The lowest BCUT2D eigenvalue weighted by Crippen LogP contribution is -2.36. The summed E-state index contributed by atoms with van der Waals surface area (Å²) in [7, 11) is 0. The average molecular weight is 437 g/mol. The molecule has 1 amide bonds. The van der Waals surface area contributed by atoms with Crippen molar-refractivity contribution in [2.45, 2.75) is 82.3 Å². The predicted octanol–water partition coefficient (Wildman–Crippen LogP) is 3.25. The van der Waals surface area contributed by atoms with Crippen molar-refractivity contribution in [2.24, 2.45) is 0 Å². The number of hydrogen-bond acceptors (Lipinski definition) is 4. The van der Waals surface area contributed by atoms with Gasteiger partial charge in [0.15, 0.2) is 0 Å². The normalized spacial score (nSPS) is 19.3. The Kier molecular flexibility index (Phi) is 10.1. The molecule has 0 saturated carbocycles. The van der Waals surface area contributed by atoms with Crippen LogP contribution >= 0.6 is 0 Å². The molecule has 1 aliphatic heterocycles. The van der Waals surface area contributed by atoms with Crippen LogP contribution in [0.15, 0.2) is 42.5 Å². The molecule has 1 heterocycles. The van der Waals surface area contributed by atoms with Gasteiger partial charge in [-0.3, -0.25) is 4.79 Å². The fourth-order valence-corrected chi connectivity index (χ4v) is 3.85. The Hall–Kier alpha value is -2.28. The summed E-state index contributed by atoms with van der Waals surface area (Å²) < 4.78 is 27.9. The van der Waals surface area contributed by atoms with E-state index in [1.165, 1.54) is 22.6 Å². The number of halogens is 2. The van der Waals surface area contributed by atoms with E-state index in [0.717, 1.165) is 19.3 Å². The molecule has 1 N–H and O–H groups in total. The number of alkyl halides is 2. The van der Waals surface area contributed by atoms with E-state index in [9.17, 15) is 28.6 Å². The Labute approximate surface area is 182 Å². The van der Waals surface area contributed by atoms with Gasteiger partial charge in [-0.05, 0) is 44.1 Å². The van der Waals surface area contributed by atoms with Crippen LogP contribution in [0.4, 0.5) is 8.78 Å². The molecule has 2 rings (SSSR count). The van der Waals surface area contributed by atoms with E-state index in [0.29, 0.717) is 32.1 Å². The summed E-state index contributed by atoms with van der Waals surface area (Å²) >= 11 is 0. The maximum Gasteiger partial charge on any atom is 0.327 e. The Morgan fingerprint density at radius 3 is 2.58 bits per heavy atom. The van der Waals surface area contributed by atoms with Crippen LogP contribution in [0.5, 0.6) is 0 Å². The first-order valence-corrected chi connectivity index (χ1v) is 11.1. The fourth-order valence-electron chi connectivity index (χ4n) is 3.85. The Morgan fingerprint density at radius 1 is 1.16 bits per heavy atom. The van der Waals surface area contributed by atoms with Gasteiger partial charge in [-0.25, -0.2) is 0 Å². The van der Waals surface area contributed by atoms with Crippen LogP contribution in [0.3, 0.4) is 0 Å². The number of aliphatic carboxylic acids is 1. The minimum Gasteiger partial charge on any atom is -0.550 e. The van der Waals surface area contributed by atoms with Gasteiger partial charge < -0.3 is 19.9 Å². The highest BCUT2D eigenvalue weighted by molar-refractivity contribution is 5.86. The maximum absolute atomic E-state index is 13.9. The SMILES string of the molecule is O=C([O-])CCCCCCN1C(=O)C(F)(F)C[C@@H]1/C=C/C(O)CCCCc1ccccc1. The van der Waals surface area contributed by atoms with Crippen LogP contribution in [-0.4, -0.2) is 46.5 Å². The zero-order chi connectivity index (χ0) is 22.7. The number of aryl methyl sites for hydroxylation is 1. The zero-order valence-electron chi connectivity index (χ0n) is 17.8. The molecule has 0 spiro atoms. The average Bonchev–Trinajstić information content (AvgIpc) is 2.95. The third kappa shape index (κ3) is 8.77. The number of amides is 1. The van der Waals surface area contributed by atoms with Crippen molar-refractivity contribution >= 4 is 11.9 Å². The topological polar surface area (TPSA) is 80.7 Å². The number of carboxylic acid groups (broad SMARTS) is 1. The molecule has 1 saturated heterocycles. The third-order valence-corrected chi connectivity index (χ3v) is 5.58. The lowest BCUT2D eigenvalue weighted by molar-refractivity contribution is -0.305. The van der Waals surface area contributed by atoms with E-state index in [4.69, 9.17) is 0 Å². The van der Waals surface area contributed by atoms with Gasteiger partial charge in [-0.1, -0.05) is 61.7 Å². The number of rotatable bonds is 14. The Balaban J connectivity index is 1.74. The van der Waals surface area contributed by atoms with E-state index in [2.05, 4.69) is 12.1 Å². The molecule has 2 atom stereocenters. The number of carbonyl (C=O) groups is 2. The standard InChI is InChI=1S/C24H33F2NO4/c25-24(26)18-20(27(23(24)31)17-9-2-1-6-14-22(29)30)15-16-21(28)13-8-7-12-19-10-4-3-5-11-19/h3-5,10-11,15-16,20-21,28H,1-2,6-9,12-14,17-18H2,(H,29,30)/p-1/b16-15+/t20-,21?/m0/s1. The van der Waals surface area contributed by atoms with Crippen molar-refractivity contribution in [3.8, 4) is 0 Å². The minimum atomic E-state index is -3.38. The molecule has 0 aromatic heterocycles. The summed E-state index contributed by atoms with van der Waals surface area (Å²) in [6.07, 6.45) is 7.25. The molecule has 1 aromatic carbocycles. The Bertz CT molecular complexity index is 724. The molecule has 1 unspecified atom stereocenters. The number of carboxylic acids is 1. The molecule has 1 aliphatic rings. The number of likely N-dealkylation sites (tertiary alicyclic amines) is 1. The fraction of sp³-hybridized carbons (Fsp3) is 0.583. The molecule has 0 aliphatic carbocycles. The monoisotopic (exact) mass is 436 g/mol. The molecular formula is C24H32F2NO4-. The van der Waals surface area contributed by atoms with Gasteiger partial charge in [0, 0.05) is 18.9 Å². The summed E-state index contributed by atoms with van der Waals surface area (Å²) in [5, 5.41) is 20.6. The second kappa shape index (κ2) is 12.5. The lowest BCUT2D eigenvalue weighted by Gasteiger charge is -2.22. The van der Waals surface area contributed by atoms with Crippen LogP contribution in [-0.2, 0) is 16.0 Å². The molecule has 31 heavy (non-hydrogen) atoms. The van der Waals surface area contributed by atoms with Gasteiger partial charge in [0.2, 0.25) is 0 Å². The maximum atomic E-state index is 13.9. The largest absolute Gasteiger partial charge is 0.550 e. The molecule has 172 valence electrons. The number of aliphatic hydroxyl groups is 1. The molecule has 5 nitrogen and oxygen atoms in total. The lowest BCUT2D eigenvalue weighted by atomic mass is 10.0. The van der Waals surface area contributed by atoms with Gasteiger partial charge in [0.05, 0.1) is 12.1 Å². The highest BCUT2D eigenvalue weighted by Gasteiger charge is 2.52. The van der Waals surface area contributed by atoms with E-state index in [-0.39, 0.29) is 13.0 Å². The van der Waals surface area contributed by atoms with E-state index >= 15 is 0 Å². The Morgan fingerprint density at radius 2 is 1.87 bits per heavy atom. The zero-order valence-corrected chi connectivity index (χ0v) is 17.8. The van der Waals surface area contributed by atoms with Crippen molar-refractivity contribution in [3.05, 3.63) is 48.0 Å². The second-order valence-electron chi connectivity index (χ2n) is 8.19. The number of nitrogens with zero attached hydrogens (tertiary/aromatic N) is 1. The molecule has 7 heteroatoms. The van der Waals surface area contributed by atoms with Crippen LogP contribution in [0, 0.1) is 0 Å². The van der Waals surface area contributed by atoms with Crippen molar-refractivity contribution in [2.75, 3.05) is 6.54 Å².